The van der Waals surface area contributed by atoms with Crippen molar-refractivity contribution in [1.29, 1.82) is 0 Å². The van der Waals surface area contributed by atoms with Crippen molar-refractivity contribution in [1.82, 2.24) is 4.31 Å². The Labute approximate surface area is 96.5 Å². The van der Waals surface area contributed by atoms with Gasteiger partial charge in [-0.15, -0.1) is 0 Å². The maximum Gasteiger partial charge on any atom is 0.304 e. The summed E-state index contributed by atoms with van der Waals surface area (Å²) < 4.78 is 25.2. The molecule has 94 valence electrons. The SMILES string of the molecule is CCCCS(=O)(=O)N1CCCC1CC(=O)O. The first-order valence-corrected chi connectivity index (χ1v) is 7.29. The normalized spacial score (nSPS) is 22.4. The van der Waals surface area contributed by atoms with Gasteiger partial charge in [0.2, 0.25) is 10.0 Å². The van der Waals surface area contributed by atoms with Gasteiger partial charge in [-0.1, -0.05) is 13.3 Å². The van der Waals surface area contributed by atoms with Crippen molar-refractivity contribution in [3.8, 4) is 0 Å². The Balaban J connectivity index is 2.66. The highest BCUT2D eigenvalue weighted by molar-refractivity contribution is 7.89. The molecule has 1 unspecified atom stereocenters. The van der Waals surface area contributed by atoms with Gasteiger partial charge < -0.3 is 5.11 Å². The van der Waals surface area contributed by atoms with Gasteiger partial charge in [0, 0.05) is 12.6 Å². The number of carbonyl (C=O) groups is 1. The van der Waals surface area contributed by atoms with Crippen LogP contribution in [-0.2, 0) is 14.8 Å². The molecular formula is C10H19NO4S. The van der Waals surface area contributed by atoms with Crippen molar-refractivity contribution < 1.29 is 18.3 Å². The number of hydrogen-bond acceptors (Lipinski definition) is 3. The van der Waals surface area contributed by atoms with Gasteiger partial charge in [-0.25, -0.2) is 8.42 Å². The summed E-state index contributed by atoms with van der Waals surface area (Å²) in [5.74, 6) is -0.790. The molecule has 0 amide bonds. The van der Waals surface area contributed by atoms with E-state index < -0.39 is 16.0 Å². The molecule has 0 radical (unpaired) electrons. The quantitative estimate of drug-likeness (QED) is 0.763. The fourth-order valence-corrected chi connectivity index (χ4v) is 3.95. The number of hydrogen-bond donors (Lipinski definition) is 1. The second-order valence-electron chi connectivity index (χ2n) is 4.17. The van der Waals surface area contributed by atoms with E-state index in [1.807, 2.05) is 6.92 Å². The molecule has 0 aliphatic carbocycles. The molecule has 1 rings (SSSR count). The average Bonchev–Trinajstić information content (AvgIpc) is 2.62. The Kier molecular flexibility index (Phi) is 4.73. The minimum absolute atomic E-state index is 0.0780. The fourth-order valence-electron chi connectivity index (χ4n) is 2.02. The van der Waals surface area contributed by atoms with E-state index in [2.05, 4.69) is 0 Å². The van der Waals surface area contributed by atoms with Gasteiger partial charge in [0.05, 0.1) is 12.2 Å². The van der Waals surface area contributed by atoms with Gasteiger partial charge in [-0.05, 0) is 19.3 Å². The summed E-state index contributed by atoms with van der Waals surface area (Å²) >= 11 is 0. The summed E-state index contributed by atoms with van der Waals surface area (Å²) in [5, 5.41) is 8.71. The molecule has 0 aromatic rings. The topological polar surface area (TPSA) is 74.7 Å². The number of nitrogens with zero attached hydrogens (tertiary/aromatic N) is 1. The fraction of sp³-hybridized carbons (Fsp3) is 0.900. The van der Waals surface area contributed by atoms with Crippen LogP contribution >= 0.6 is 0 Å². The largest absolute Gasteiger partial charge is 0.481 e. The van der Waals surface area contributed by atoms with E-state index in [-0.39, 0.29) is 18.2 Å². The molecule has 1 aliphatic rings. The zero-order valence-electron chi connectivity index (χ0n) is 9.55. The Morgan fingerprint density at radius 2 is 2.19 bits per heavy atom. The maximum absolute atomic E-state index is 11.9. The first-order valence-electron chi connectivity index (χ1n) is 5.68. The lowest BCUT2D eigenvalue weighted by atomic mass is 10.2. The smallest absolute Gasteiger partial charge is 0.304 e. The van der Waals surface area contributed by atoms with Crippen LogP contribution < -0.4 is 0 Å². The molecule has 0 saturated carbocycles. The predicted octanol–water partition coefficient (Wildman–Crippen LogP) is 1.06. The summed E-state index contributed by atoms with van der Waals surface area (Å²) in [6.45, 7) is 2.41. The minimum atomic E-state index is -3.25. The van der Waals surface area contributed by atoms with E-state index in [4.69, 9.17) is 5.11 Å². The van der Waals surface area contributed by atoms with Crippen LogP contribution in [-0.4, -0.2) is 42.1 Å². The average molecular weight is 249 g/mol. The summed E-state index contributed by atoms with van der Waals surface area (Å²) in [6, 6.07) is -0.334. The van der Waals surface area contributed by atoms with Crippen LogP contribution in [0.15, 0.2) is 0 Å². The third-order valence-electron chi connectivity index (χ3n) is 2.85. The summed E-state index contributed by atoms with van der Waals surface area (Å²) in [7, 11) is -3.25. The van der Waals surface area contributed by atoms with Crippen molar-refractivity contribution >= 4 is 16.0 Å². The first-order chi connectivity index (χ1) is 7.47. The van der Waals surface area contributed by atoms with Crippen LogP contribution in [0.4, 0.5) is 0 Å². The van der Waals surface area contributed by atoms with Crippen LogP contribution in [0, 0.1) is 0 Å². The number of sulfonamides is 1. The van der Waals surface area contributed by atoms with Crippen molar-refractivity contribution in [3.05, 3.63) is 0 Å². The predicted molar refractivity (Wildman–Crippen MR) is 60.7 cm³/mol. The van der Waals surface area contributed by atoms with Crippen LogP contribution in [0.25, 0.3) is 0 Å². The number of aliphatic carboxylic acids is 1. The molecule has 0 aromatic heterocycles. The van der Waals surface area contributed by atoms with Crippen LogP contribution in [0.2, 0.25) is 0 Å². The Hall–Kier alpha value is -0.620. The molecule has 1 N–H and O–H groups in total. The highest BCUT2D eigenvalue weighted by Crippen LogP contribution is 2.24. The first kappa shape index (κ1) is 13.4. The molecule has 0 aromatic carbocycles. The Morgan fingerprint density at radius 1 is 1.50 bits per heavy atom. The lowest BCUT2D eigenvalue weighted by Gasteiger charge is -2.22. The summed E-state index contributed by atoms with van der Waals surface area (Å²) in [6.07, 6.45) is 2.82. The van der Waals surface area contributed by atoms with E-state index in [0.717, 1.165) is 12.8 Å². The van der Waals surface area contributed by atoms with Crippen LogP contribution in [0.3, 0.4) is 0 Å². The van der Waals surface area contributed by atoms with Crippen LogP contribution in [0.5, 0.6) is 0 Å². The molecule has 1 heterocycles. The molecule has 1 atom stereocenters. The standard InChI is InChI=1S/C10H19NO4S/c1-2-3-7-16(14,15)11-6-4-5-9(11)8-10(12)13/h9H,2-8H2,1H3,(H,12,13). The second kappa shape index (κ2) is 5.63. The van der Waals surface area contributed by atoms with E-state index in [9.17, 15) is 13.2 Å². The Bertz CT molecular complexity index is 339. The molecule has 1 saturated heterocycles. The molecule has 6 heteroatoms. The number of unbranched alkanes of at least 4 members (excludes halogenated alkanes) is 1. The van der Waals surface area contributed by atoms with Crippen molar-refractivity contribution in [2.24, 2.45) is 0 Å². The molecule has 0 spiro atoms. The highest BCUT2D eigenvalue weighted by Gasteiger charge is 2.34. The summed E-state index contributed by atoms with van der Waals surface area (Å²) in [4.78, 5) is 10.6. The third-order valence-corrected chi connectivity index (χ3v) is 4.85. The maximum atomic E-state index is 11.9. The lowest BCUT2D eigenvalue weighted by Crippen LogP contribution is -2.38. The number of rotatable bonds is 6. The van der Waals surface area contributed by atoms with Gasteiger partial charge in [-0.2, -0.15) is 4.31 Å². The van der Waals surface area contributed by atoms with Gasteiger partial charge in [0.25, 0.3) is 0 Å². The van der Waals surface area contributed by atoms with Crippen LogP contribution in [0.1, 0.15) is 39.0 Å². The second-order valence-corrected chi connectivity index (χ2v) is 6.22. The van der Waals surface area contributed by atoms with Crippen molar-refractivity contribution in [3.63, 3.8) is 0 Å². The molecule has 1 fully saturated rings. The van der Waals surface area contributed by atoms with Crippen molar-refractivity contribution in [2.75, 3.05) is 12.3 Å². The lowest BCUT2D eigenvalue weighted by molar-refractivity contribution is -0.137. The van der Waals surface area contributed by atoms with E-state index in [1.54, 1.807) is 0 Å². The van der Waals surface area contributed by atoms with Gasteiger partial charge in [-0.3, -0.25) is 4.79 Å². The summed E-state index contributed by atoms with van der Waals surface area (Å²) in [5.41, 5.74) is 0. The third kappa shape index (κ3) is 3.45. The van der Waals surface area contributed by atoms with E-state index in [1.165, 1.54) is 4.31 Å². The molecular weight excluding hydrogens is 230 g/mol. The number of carboxylic acids is 1. The number of carboxylic acid groups (broad SMARTS) is 1. The van der Waals surface area contributed by atoms with Gasteiger partial charge in [0.1, 0.15) is 0 Å². The van der Waals surface area contributed by atoms with Crippen molar-refractivity contribution in [2.45, 2.75) is 45.1 Å². The van der Waals surface area contributed by atoms with Gasteiger partial charge >= 0.3 is 5.97 Å². The highest BCUT2D eigenvalue weighted by atomic mass is 32.2. The zero-order chi connectivity index (χ0) is 12.2. The zero-order valence-corrected chi connectivity index (χ0v) is 10.4. The van der Waals surface area contributed by atoms with E-state index in [0.29, 0.717) is 19.4 Å². The Morgan fingerprint density at radius 3 is 2.75 bits per heavy atom. The molecule has 0 bridgehead atoms. The van der Waals surface area contributed by atoms with Gasteiger partial charge in [0.15, 0.2) is 0 Å². The minimum Gasteiger partial charge on any atom is -0.481 e. The van der Waals surface area contributed by atoms with E-state index >= 15 is 0 Å². The molecule has 16 heavy (non-hydrogen) atoms. The molecule has 5 nitrogen and oxygen atoms in total. The molecule has 1 aliphatic heterocycles. The monoisotopic (exact) mass is 249 g/mol.